The number of rotatable bonds is 2. The zero-order chi connectivity index (χ0) is 11.8. The van der Waals surface area contributed by atoms with Crippen LogP contribution in [0.4, 0.5) is 8.78 Å². The standard InChI is InChI=1S/C7H7BrF2N2O2S/c1-3-2-4(8)12-5(7(9)10)6(3)15(11,13)14/h2,7H,1H3,(H2,11,13,14). The first-order chi connectivity index (χ1) is 6.73. The van der Waals surface area contributed by atoms with Gasteiger partial charge in [-0.2, -0.15) is 0 Å². The van der Waals surface area contributed by atoms with Crippen LogP contribution in [0, 0.1) is 6.92 Å². The minimum absolute atomic E-state index is 0.134. The summed E-state index contributed by atoms with van der Waals surface area (Å²) in [6.07, 6.45) is -2.99. The highest BCUT2D eigenvalue weighted by atomic mass is 79.9. The van der Waals surface area contributed by atoms with Crippen molar-refractivity contribution in [2.45, 2.75) is 18.2 Å². The fourth-order valence-corrected chi connectivity index (χ4v) is 2.63. The lowest BCUT2D eigenvalue weighted by molar-refractivity contribution is 0.142. The molecule has 0 aliphatic carbocycles. The Labute approximate surface area is 93.7 Å². The molecular weight excluding hydrogens is 294 g/mol. The van der Waals surface area contributed by atoms with Crippen molar-refractivity contribution < 1.29 is 17.2 Å². The predicted octanol–water partition coefficient (Wildman–Crippen LogP) is 1.74. The van der Waals surface area contributed by atoms with E-state index >= 15 is 0 Å². The van der Waals surface area contributed by atoms with E-state index in [-0.39, 0.29) is 10.2 Å². The second-order valence-corrected chi connectivity index (χ2v) is 5.13. The lowest BCUT2D eigenvalue weighted by Crippen LogP contribution is -2.17. The number of hydrogen-bond acceptors (Lipinski definition) is 3. The third-order valence-electron chi connectivity index (χ3n) is 1.64. The zero-order valence-electron chi connectivity index (χ0n) is 7.54. The van der Waals surface area contributed by atoms with Crippen molar-refractivity contribution in [2.24, 2.45) is 5.14 Å². The van der Waals surface area contributed by atoms with Crippen LogP contribution in [0.25, 0.3) is 0 Å². The summed E-state index contributed by atoms with van der Waals surface area (Å²) in [5.74, 6) is 0. The maximum Gasteiger partial charge on any atom is 0.281 e. The number of pyridine rings is 1. The Morgan fingerprint density at radius 1 is 1.53 bits per heavy atom. The number of nitrogens with zero attached hydrogens (tertiary/aromatic N) is 1. The van der Waals surface area contributed by atoms with Crippen LogP contribution in [0.15, 0.2) is 15.6 Å². The zero-order valence-corrected chi connectivity index (χ0v) is 9.94. The van der Waals surface area contributed by atoms with E-state index in [1.165, 1.54) is 13.0 Å². The maximum absolute atomic E-state index is 12.5. The Kier molecular flexibility index (Phi) is 3.41. The normalized spacial score (nSPS) is 12.1. The molecule has 0 radical (unpaired) electrons. The van der Waals surface area contributed by atoms with Crippen molar-refractivity contribution in [2.75, 3.05) is 0 Å². The Morgan fingerprint density at radius 2 is 2.07 bits per heavy atom. The van der Waals surface area contributed by atoms with Crippen molar-refractivity contribution in [1.29, 1.82) is 0 Å². The minimum Gasteiger partial charge on any atom is -0.238 e. The first kappa shape index (κ1) is 12.5. The SMILES string of the molecule is Cc1cc(Br)nc(C(F)F)c1S(N)(=O)=O. The molecule has 1 aromatic rings. The Balaban J connectivity index is 3.62. The summed E-state index contributed by atoms with van der Waals surface area (Å²) in [7, 11) is -4.19. The summed E-state index contributed by atoms with van der Waals surface area (Å²) in [4.78, 5) is 2.80. The smallest absolute Gasteiger partial charge is 0.238 e. The van der Waals surface area contributed by atoms with E-state index < -0.39 is 27.0 Å². The summed E-state index contributed by atoms with van der Waals surface area (Å²) < 4.78 is 47.3. The predicted molar refractivity (Wildman–Crippen MR) is 53.0 cm³/mol. The number of primary sulfonamides is 1. The van der Waals surface area contributed by atoms with Crippen LogP contribution >= 0.6 is 15.9 Å². The fraction of sp³-hybridized carbons (Fsp3) is 0.286. The van der Waals surface area contributed by atoms with Crippen LogP contribution in [0.3, 0.4) is 0 Å². The van der Waals surface area contributed by atoms with Crippen molar-refractivity contribution >= 4 is 26.0 Å². The highest BCUT2D eigenvalue weighted by Crippen LogP contribution is 2.28. The molecule has 0 unspecified atom stereocenters. The molecule has 0 fully saturated rings. The second-order valence-electron chi connectivity index (χ2n) is 2.82. The Morgan fingerprint density at radius 3 is 2.47 bits per heavy atom. The topological polar surface area (TPSA) is 73.0 Å². The van der Waals surface area contributed by atoms with Gasteiger partial charge in [0.05, 0.1) is 0 Å². The molecule has 0 saturated carbocycles. The van der Waals surface area contributed by atoms with E-state index in [0.29, 0.717) is 0 Å². The van der Waals surface area contributed by atoms with Gasteiger partial charge in [-0.25, -0.2) is 27.3 Å². The first-order valence-corrected chi connectivity index (χ1v) is 6.05. The molecule has 0 aromatic carbocycles. The van der Waals surface area contributed by atoms with Gasteiger partial charge in [-0.15, -0.1) is 0 Å². The Hall–Kier alpha value is -0.600. The average Bonchev–Trinajstić information content (AvgIpc) is 1.99. The van der Waals surface area contributed by atoms with E-state index in [1.807, 2.05) is 0 Å². The summed E-state index contributed by atoms with van der Waals surface area (Å²) in [6, 6.07) is 1.31. The molecule has 15 heavy (non-hydrogen) atoms. The van der Waals surface area contributed by atoms with Crippen molar-refractivity contribution in [3.05, 3.63) is 21.9 Å². The number of aryl methyl sites for hydroxylation is 1. The molecule has 0 spiro atoms. The summed E-state index contributed by atoms with van der Waals surface area (Å²) in [6.45, 7) is 1.37. The number of halogens is 3. The molecule has 8 heteroatoms. The van der Waals surface area contributed by atoms with E-state index in [4.69, 9.17) is 5.14 Å². The molecule has 84 valence electrons. The van der Waals surface area contributed by atoms with E-state index in [2.05, 4.69) is 20.9 Å². The lowest BCUT2D eigenvalue weighted by Gasteiger charge is -2.09. The molecule has 0 saturated heterocycles. The van der Waals surface area contributed by atoms with Crippen molar-refractivity contribution in [3.63, 3.8) is 0 Å². The summed E-state index contributed by atoms with van der Waals surface area (Å²) in [5.41, 5.74) is -0.695. The van der Waals surface area contributed by atoms with Crippen LogP contribution in [0.5, 0.6) is 0 Å². The van der Waals surface area contributed by atoms with Gasteiger partial charge in [0.25, 0.3) is 6.43 Å². The molecule has 0 amide bonds. The highest BCUT2D eigenvalue weighted by molar-refractivity contribution is 9.10. The molecule has 0 bridgehead atoms. The van der Waals surface area contributed by atoms with Gasteiger partial charge in [0.15, 0.2) is 0 Å². The largest absolute Gasteiger partial charge is 0.281 e. The lowest BCUT2D eigenvalue weighted by atomic mass is 10.2. The molecule has 0 atom stereocenters. The van der Waals surface area contributed by atoms with Crippen LogP contribution < -0.4 is 5.14 Å². The maximum atomic E-state index is 12.5. The van der Waals surface area contributed by atoms with Crippen LogP contribution in [0.1, 0.15) is 17.7 Å². The molecular formula is C7H7BrF2N2O2S. The van der Waals surface area contributed by atoms with Gasteiger partial charge in [-0.05, 0) is 34.5 Å². The number of sulfonamides is 1. The monoisotopic (exact) mass is 300 g/mol. The van der Waals surface area contributed by atoms with Crippen LogP contribution in [-0.2, 0) is 10.0 Å². The molecule has 0 aliphatic rings. The van der Waals surface area contributed by atoms with E-state index in [1.54, 1.807) is 0 Å². The van der Waals surface area contributed by atoms with Gasteiger partial charge in [0.2, 0.25) is 10.0 Å². The van der Waals surface area contributed by atoms with E-state index in [9.17, 15) is 17.2 Å². The van der Waals surface area contributed by atoms with Gasteiger partial charge in [0, 0.05) is 0 Å². The molecule has 1 aromatic heterocycles. The fourth-order valence-electron chi connectivity index (χ4n) is 1.16. The molecule has 1 rings (SSSR count). The third-order valence-corrected chi connectivity index (χ3v) is 3.15. The van der Waals surface area contributed by atoms with Crippen LogP contribution in [-0.4, -0.2) is 13.4 Å². The van der Waals surface area contributed by atoms with Gasteiger partial charge >= 0.3 is 0 Å². The quantitative estimate of drug-likeness (QED) is 0.846. The highest BCUT2D eigenvalue weighted by Gasteiger charge is 2.25. The van der Waals surface area contributed by atoms with Gasteiger partial charge < -0.3 is 0 Å². The van der Waals surface area contributed by atoms with Crippen molar-refractivity contribution in [1.82, 2.24) is 4.98 Å². The molecule has 1 heterocycles. The third kappa shape index (κ3) is 2.70. The number of aromatic nitrogens is 1. The van der Waals surface area contributed by atoms with E-state index in [0.717, 1.165) is 0 Å². The van der Waals surface area contributed by atoms with Gasteiger partial charge in [-0.1, -0.05) is 0 Å². The Bertz CT molecular complexity index is 490. The number of nitrogens with two attached hydrogens (primary N) is 1. The summed E-state index contributed by atoms with van der Waals surface area (Å²) >= 11 is 2.90. The molecule has 4 nitrogen and oxygen atoms in total. The number of hydrogen-bond donors (Lipinski definition) is 1. The molecule has 2 N–H and O–H groups in total. The average molecular weight is 301 g/mol. The second kappa shape index (κ2) is 4.11. The number of alkyl halides is 2. The minimum atomic E-state index is -4.19. The van der Waals surface area contributed by atoms with Gasteiger partial charge in [-0.3, -0.25) is 0 Å². The first-order valence-electron chi connectivity index (χ1n) is 3.71. The van der Waals surface area contributed by atoms with Gasteiger partial charge in [0.1, 0.15) is 15.2 Å². The summed E-state index contributed by atoms with van der Waals surface area (Å²) in [5, 5.41) is 4.83. The van der Waals surface area contributed by atoms with Crippen LogP contribution in [0.2, 0.25) is 0 Å². The van der Waals surface area contributed by atoms with Crippen molar-refractivity contribution in [3.8, 4) is 0 Å². The molecule has 0 aliphatic heterocycles.